The number of benzene rings is 1. The molecule has 1 N–H and O–H groups in total. The van der Waals surface area contributed by atoms with Crippen molar-refractivity contribution in [1.29, 1.82) is 0 Å². The van der Waals surface area contributed by atoms with Gasteiger partial charge in [0.1, 0.15) is 5.82 Å². The molecule has 0 aromatic heterocycles. The number of hydrogen-bond donors (Lipinski definition) is 1. The first-order valence-electron chi connectivity index (χ1n) is 6.45. The summed E-state index contributed by atoms with van der Waals surface area (Å²) in [7, 11) is 1.72. The molecule has 2 atom stereocenters. The summed E-state index contributed by atoms with van der Waals surface area (Å²) in [5, 5.41) is 3.48. The van der Waals surface area contributed by atoms with E-state index in [9.17, 15) is 17.6 Å². The smallest absolute Gasteiger partial charge is 0.312 e. The predicted octanol–water partition coefficient (Wildman–Crippen LogP) is 4.64. The Hall–Kier alpha value is -0.750. The molecule has 0 aliphatic carbocycles. The second-order valence-electron chi connectivity index (χ2n) is 4.63. The van der Waals surface area contributed by atoms with Crippen molar-refractivity contribution in [3.05, 3.63) is 35.1 Å². The molecule has 0 aliphatic heterocycles. The molecule has 1 aromatic carbocycles. The van der Waals surface area contributed by atoms with Gasteiger partial charge in [0.25, 0.3) is 0 Å². The van der Waals surface area contributed by atoms with Crippen molar-refractivity contribution in [3.63, 3.8) is 0 Å². The summed E-state index contributed by atoms with van der Waals surface area (Å²) in [6.45, 7) is 4.16. The van der Waals surface area contributed by atoms with Gasteiger partial charge in [0.2, 0.25) is 0 Å². The van der Waals surface area contributed by atoms with Crippen LogP contribution in [-0.4, -0.2) is 18.1 Å². The van der Waals surface area contributed by atoms with Gasteiger partial charge in [-0.3, -0.25) is 0 Å². The molecule has 0 saturated heterocycles. The van der Waals surface area contributed by atoms with Crippen molar-refractivity contribution in [2.75, 3.05) is 12.8 Å². The molecule has 0 bridgehead atoms. The van der Waals surface area contributed by atoms with Gasteiger partial charge in [0.05, 0.1) is 5.56 Å². The zero-order valence-electron chi connectivity index (χ0n) is 11.7. The SMILES string of the molecule is CCC(C)SCC(NC)c1ccc(C(F)(F)F)c(F)c1. The Morgan fingerprint density at radius 1 is 1.30 bits per heavy atom. The van der Waals surface area contributed by atoms with Crippen molar-refractivity contribution in [3.8, 4) is 0 Å². The highest BCUT2D eigenvalue weighted by molar-refractivity contribution is 7.99. The van der Waals surface area contributed by atoms with Gasteiger partial charge in [0.15, 0.2) is 0 Å². The van der Waals surface area contributed by atoms with E-state index in [2.05, 4.69) is 19.2 Å². The summed E-state index contributed by atoms with van der Waals surface area (Å²) in [4.78, 5) is 0. The minimum atomic E-state index is -4.65. The van der Waals surface area contributed by atoms with Crippen LogP contribution in [0.4, 0.5) is 17.6 Å². The monoisotopic (exact) mass is 309 g/mol. The van der Waals surface area contributed by atoms with Crippen LogP contribution >= 0.6 is 11.8 Å². The highest BCUT2D eigenvalue weighted by atomic mass is 32.2. The summed E-state index contributed by atoms with van der Waals surface area (Å²) in [6, 6.07) is 2.96. The molecule has 1 nitrogen and oxygen atoms in total. The Morgan fingerprint density at radius 3 is 2.40 bits per heavy atom. The fourth-order valence-electron chi connectivity index (χ4n) is 1.70. The molecule has 2 unspecified atom stereocenters. The van der Waals surface area contributed by atoms with Crippen molar-refractivity contribution < 1.29 is 17.6 Å². The van der Waals surface area contributed by atoms with Crippen LogP contribution in [0.25, 0.3) is 0 Å². The van der Waals surface area contributed by atoms with Gasteiger partial charge in [-0.2, -0.15) is 24.9 Å². The summed E-state index contributed by atoms with van der Waals surface area (Å²) in [5.74, 6) is -0.528. The topological polar surface area (TPSA) is 12.0 Å². The van der Waals surface area contributed by atoms with Crippen LogP contribution in [0.5, 0.6) is 0 Å². The van der Waals surface area contributed by atoms with E-state index in [4.69, 9.17) is 0 Å². The largest absolute Gasteiger partial charge is 0.419 e. The summed E-state index contributed by atoms with van der Waals surface area (Å²) in [6.07, 6.45) is -3.63. The predicted molar refractivity (Wildman–Crippen MR) is 75.4 cm³/mol. The molecule has 0 aliphatic rings. The Kier molecular flexibility index (Phi) is 6.33. The van der Waals surface area contributed by atoms with Gasteiger partial charge in [-0.05, 0) is 31.2 Å². The molecule has 114 valence electrons. The third-order valence-electron chi connectivity index (χ3n) is 3.17. The standard InChI is InChI=1S/C14H19F4NS/c1-4-9(2)20-8-13(19-3)10-5-6-11(12(15)7-10)14(16,17)18/h5-7,9,13,19H,4,8H2,1-3H3. The van der Waals surface area contributed by atoms with E-state index in [1.807, 2.05) is 0 Å². The van der Waals surface area contributed by atoms with Gasteiger partial charge in [-0.15, -0.1) is 0 Å². The molecular weight excluding hydrogens is 290 g/mol. The average molecular weight is 309 g/mol. The zero-order chi connectivity index (χ0) is 15.3. The molecule has 0 amide bonds. The summed E-state index contributed by atoms with van der Waals surface area (Å²) in [5.41, 5.74) is -0.681. The Bertz CT molecular complexity index is 434. The normalized spacial score (nSPS) is 15.2. The molecule has 1 rings (SSSR count). The van der Waals surface area contributed by atoms with E-state index < -0.39 is 17.6 Å². The Morgan fingerprint density at radius 2 is 1.95 bits per heavy atom. The second kappa shape index (κ2) is 7.31. The lowest BCUT2D eigenvalue weighted by Crippen LogP contribution is -2.20. The van der Waals surface area contributed by atoms with Crippen LogP contribution in [0.3, 0.4) is 0 Å². The average Bonchev–Trinajstić information content (AvgIpc) is 2.37. The molecule has 0 fully saturated rings. The number of alkyl halides is 3. The van der Waals surface area contributed by atoms with Crippen LogP contribution in [0.15, 0.2) is 18.2 Å². The quantitative estimate of drug-likeness (QED) is 0.769. The summed E-state index contributed by atoms with van der Waals surface area (Å²) < 4.78 is 51.1. The molecule has 6 heteroatoms. The van der Waals surface area contributed by atoms with Crippen molar-refractivity contribution in [1.82, 2.24) is 5.32 Å². The Labute approximate surface area is 121 Å². The highest BCUT2D eigenvalue weighted by Gasteiger charge is 2.34. The number of thioether (sulfide) groups is 1. The maximum absolute atomic E-state index is 13.6. The Balaban J connectivity index is 2.87. The maximum Gasteiger partial charge on any atom is 0.419 e. The van der Waals surface area contributed by atoms with Crippen molar-refractivity contribution >= 4 is 11.8 Å². The molecule has 0 radical (unpaired) electrons. The van der Waals surface area contributed by atoms with Crippen molar-refractivity contribution in [2.24, 2.45) is 0 Å². The van der Waals surface area contributed by atoms with Gasteiger partial charge in [-0.25, -0.2) is 4.39 Å². The van der Waals surface area contributed by atoms with Gasteiger partial charge < -0.3 is 5.32 Å². The first-order valence-corrected chi connectivity index (χ1v) is 7.50. The number of rotatable bonds is 6. The fraction of sp³-hybridized carbons (Fsp3) is 0.571. The van der Waals surface area contributed by atoms with Gasteiger partial charge in [-0.1, -0.05) is 19.9 Å². The third-order valence-corrected chi connectivity index (χ3v) is 4.60. The van der Waals surface area contributed by atoms with Crippen LogP contribution in [0.1, 0.15) is 37.4 Å². The lowest BCUT2D eigenvalue weighted by molar-refractivity contribution is -0.140. The molecule has 0 saturated carbocycles. The maximum atomic E-state index is 13.6. The van der Waals surface area contributed by atoms with Crippen LogP contribution in [0.2, 0.25) is 0 Å². The summed E-state index contributed by atoms with van der Waals surface area (Å²) >= 11 is 1.71. The van der Waals surface area contributed by atoms with Crippen LogP contribution in [0, 0.1) is 5.82 Å². The number of nitrogens with one attached hydrogen (secondary N) is 1. The number of hydrogen-bond acceptors (Lipinski definition) is 2. The second-order valence-corrected chi connectivity index (χ2v) is 6.10. The lowest BCUT2D eigenvalue weighted by atomic mass is 10.1. The minimum Gasteiger partial charge on any atom is -0.312 e. The molecule has 0 heterocycles. The van der Waals surface area contributed by atoms with Gasteiger partial charge in [0, 0.05) is 17.0 Å². The lowest BCUT2D eigenvalue weighted by Gasteiger charge is -2.19. The first kappa shape index (κ1) is 17.3. The fourth-order valence-corrected chi connectivity index (χ4v) is 2.82. The van der Waals surface area contributed by atoms with Crippen molar-refractivity contribution in [2.45, 2.75) is 37.7 Å². The minimum absolute atomic E-state index is 0.161. The molecule has 20 heavy (non-hydrogen) atoms. The molecular formula is C14H19F4NS. The van der Waals surface area contributed by atoms with E-state index in [-0.39, 0.29) is 6.04 Å². The third kappa shape index (κ3) is 4.66. The number of halogens is 4. The van der Waals surface area contributed by atoms with E-state index in [0.29, 0.717) is 16.6 Å². The van der Waals surface area contributed by atoms with E-state index in [1.165, 1.54) is 6.07 Å². The molecule has 1 aromatic rings. The first-order chi connectivity index (χ1) is 9.29. The van der Waals surface area contributed by atoms with E-state index in [0.717, 1.165) is 18.6 Å². The zero-order valence-corrected chi connectivity index (χ0v) is 12.5. The van der Waals surface area contributed by atoms with Crippen LogP contribution in [-0.2, 0) is 6.18 Å². The molecule has 0 spiro atoms. The van der Waals surface area contributed by atoms with Crippen LogP contribution < -0.4 is 5.32 Å². The van der Waals surface area contributed by atoms with E-state index in [1.54, 1.807) is 18.8 Å². The highest BCUT2D eigenvalue weighted by Crippen LogP contribution is 2.33. The van der Waals surface area contributed by atoms with Gasteiger partial charge >= 0.3 is 6.18 Å². The van der Waals surface area contributed by atoms with E-state index >= 15 is 0 Å².